The molecule has 7 heteroatoms. The summed E-state index contributed by atoms with van der Waals surface area (Å²) in [6.07, 6.45) is 0.683. The zero-order chi connectivity index (χ0) is 14.0. The Morgan fingerprint density at radius 2 is 1.79 bits per heavy atom. The van der Waals surface area contributed by atoms with E-state index < -0.39 is 9.84 Å². The van der Waals surface area contributed by atoms with Crippen LogP contribution in [0.1, 0.15) is 12.0 Å². The number of phenols is 1. The van der Waals surface area contributed by atoms with Crippen LogP contribution in [-0.4, -0.2) is 43.0 Å². The van der Waals surface area contributed by atoms with Crippen LogP contribution >= 0.6 is 31.9 Å². The minimum atomic E-state index is -2.87. The van der Waals surface area contributed by atoms with Gasteiger partial charge in [0.05, 0.1) is 20.5 Å². The number of benzene rings is 1. The number of hydrogen-bond acceptors (Lipinski definition) is 4. The van der Waals surface area contributed by atoms with Gasteiger partial charge in [0.2, 0.25) is 0 Å². The monoisotopic (exact) mass is 411 g/mol. The molecule has 0 bridgehead atoms. The van der Waals surface area contributed by atoms with Gasteiger partial charge in [0, 0.05) is 13.1 Å². The highest BCUT2D eigenvalue weighted by Gasteiger charge is 2.19. The molecule has 0 unspecified atom stereocenters. The van der Waals surface area contributed by atoms with Gasteiger partial charge in [-0.3, -0.25) is 4.90 Å². The summed E-state index contributed by atoms with van der Waals surface area (Å²) >= 11 is 6.60. The maximum absolute atomic E-state index is 11.5. The van der Waals surface area contributed by atoms with Crippen molar-refractivity contribution in [2.45, 2.75) is 13.0 Å². The Morgan fingerprint density at radius 1 is 1.16 bits per heavy atom. The fourth-order valence-corrected chi connectivity index (χ4v) is 4.71. The summed E-state index contributed by atoms with van der Waals surface area (Å²) in [7, 11) is -2.87. The molecule has 1 N–H and O–H groups in total. The first-order valence-corrected chi connectivity index (χ1v) is 9.38. The second-order valence-corrected chi connectivity index (χ2v) is 8.70. The van der Waals surface area contributed by atoms with E-state index in [9.17, 15) is 13.5 Å². The lowest BCUT2D eigenvalue weighted by atomic mass is 10.2. The van der Waals surface area contributed by atoms with E-state index in [1.54, 1.807) is 0 Å². The SMILES string of the molecule is O=S1(=O)CCCN(Cc2cc(Br)c(O)c(Br)c2)CC1. The molecule has 0 saturated carbocycles. The van der Waals surface area contributed by atoms with Crippen molar-refractivity contribution in [2.75, 3.05) is 24.6 Å². The normalized spacial score (nSPS) is 20.1. The Balaban J connectivity index is 2.09. The standard InChI is InChI=1S/C12H15Br2NO3S/c13-10-6-9(7-11(14)12(10)16)8-15-2-1-4-19(17,18)5-3-15/h6-7,16H,1-5,8H2. The minimum Gasteiger partial charge on any atom is -0.506 e. The van der Waals surface area contributed by atoms with Crippen LogP contribution in [0.25, 0.3) is 0 Å². The number of hydrogen-bond donors (Lipinski definition) is 1. The number of rotatable bonds is 2. The molecular weight excluding hydrogens is 398 g/mol. The maximum Gasteiger partial charge on any atom is 0.151 e. The van der Waals surface area contributed by atoms with Gasteiger partial charge >= 0.3 is 0 Å². The molecule has 1 aromatic carbocycles. The molecule has 1 aliphatic rings. The first kappa shape index (κ1) is 15.3. The summed E-state index contributed by atoms with van der Waals surface area (Å²) < 4.78 is 24.4. The summed E-state index contributed by atoms with van der Waals surface area (Å²) in [6.45, 7) is 2.04. The van der Waals surface area contributed by atoms with Gasteiger partial charge in [-0.1, -0.05) is 0 Å². The van der Waals surface area contributed by atoms with E-state index in [2.05, 4.69) is 36.8 Å². The van der Waals surface area contributed by atoms with E-state index in [0.717, 1.165) is 12.1 Å². The van der Waals surface area contributed by atoms with Crippen LogP contribution < -0.4 is 0 Å². The van der Waals surface area contributed by atoms with Crippen LogP contribution in [0.2, 0.25) is 0 Å². The summed E-state index contributed by atoms with van der Waals surface area (Å²) in [6, 6.07) is 3.72. The topological polar surface area (TPSA) is 57.6 Å². The van der Waals surface area contributed by atoms with Crippen molar-refractivity contribution in [3.05, 3.63) is 26.6 Å². The molecule has 1 aromatic rings. The van der Waals surface area contributed by atoms with Gasteiger partial charge in [0.1, 0.15) is 5.75 Å². The average Bonchev–Trinajstić information content (AvgIpc) is 2.48. The number of halogens is 2. The summed E-state index contributed by atoms with van der Waals surface area (Å²) in [5.41, 5.74) is 1.04. The molecule has 1 saturated heterocycles. The third-order valence-electron chi connectivity index (χ3n) is 3.13. The van der Waals surface area contributed by atoms with Crippen molar-refractivity contribution in [3.63, 3.8) is 0 Å². The molecule has 106 valence electrons. The molecule has 1 heterocycles. The first-order valence-electron chi connectivity index (χ1n) is 5.97. The quantitative estimate of drug-likeness (QED) is 0.810. The zero-order valence-electron chi connectivity index (χ0n) is 10.3. The van der Waals surface area contributed by atoms with Crippen molar-refractivity contribution < 1.29 is 13.5 Å². The van der Waals surface area contributed by atoms with E-state index in [4.69, 9.17) is 0 Å². The Bertz CT molecular complexity index is 551. The van der Waals surface area contributed by atoms with Crippen molar-refractivity contribution in [2.24, 2.45) is 0 Å². The molecule has 4 nitrogen and oxygen atoms in total. The van der Waals surface area contributed by atoms with Crippen LogP contribution in [0, 0.1) is 0 Å². The summed E-state index contributed by atoms with van der Waals surface area (Å²) in [5.74, 6) is 0.696. The van der Waals surface area contributed by atoms with Gasteiger partial charge in [0.15, 0.2) is 9.84 Å². The highest BCUT2D eigenvalue weighted by molar-refractivity contribution is 9.11. The molecule has 0 aromatic heterocycles. The molecule has 2 rings (SSSR count). The van der Waals surface area contributed by atoms with Gasteiger partial charge < -0.3 is 5.11 Å². The second kappa shape index (κ2) is 6.11. The number of aromatic hydroxyl groups is 1. The highest BCUT2D eigenvalue weighted by Crippen LogP contribution is 2.33. The van der Waals surface area contributed by atoms with Gasteiger partial charge in [-0.05, 0) is 62.5 Å². The predicted molar refractivity (Wildman–Crippen MR) is 82.1 cm³/mol. The molecule has 0 spiro atoms. The second-order valence-electron chi connectivity index (χ2n) is 4.69. The van der Waals surface area contributed by atoms with Crippen LogP contribution in [-0.2, 0) is 16.4 Å². The van der Waals surface area contributed by atoms with Crippen molar-refractivity contribution in [1.82, 2.24) is 4.90 Å². The maximum atomic E-state index is 11.5. The molecule has 1 fully saturated rings. The van der Waals surface area contributed by atoms with Crippen LogP contribution in [0.3, 0.4) is 0 Å². The molecule has 19 heavy (non-hydrogen) atoms. The van der Waals surface area contributed by atoms with E-state index in [0.29, 0.717) is 28.5 Å². The molecular formula is C12H15Br2NO3S. The van der Waals surface area contributed by atoms with Crippen LogP contribution in [0.4, 0.5) is 0 Å². The third-order valence-corrected chi connectivity index (χ3v) is 6.06. The Morgan fingerprint density at radius 3 is 2.42 bits per heavy atom. The van der Waals surface area contributed by atoms with Crippen molar-refractivity contribution in [1.29, 1.82) is 0 Å². The van der Waals surface area contributed by atoms with Crippen molar-refractivity contribution in [3.8, 4) is 5.75 Å². The Hall–Kier alpha value is -0.110. The van der Waals surface area contributed by atoms with Gasteiger partial charge in [-0.15, -0.1) is 0 Å². The summed E-state index contributed by atoms with van der Waals surface area (Å²) in [4.78, 5) is 2.13. The van der Waals surface area contributed by atoms with Crippen LogP contribution in [0.5, 0.6) is 5.75 Å². The van der Waals surface area contributed by atoms with E-state index in [1.165, 1.54) is 0 Å². The largest absolute Gasteiger partial charge is 0.506 e. The lowest BCUT2D eigenvalue weighted by Crippen LogP contribution is -2.26. The highest BCUT2D eigenvalue weighted by atomic mass is 79.9. The van der Waals surface area contributed by atoms with Gasteiger partial charge in [0.25, 0.3) is 0 Å². The predicted octanol–water partition coefficient (Wildman–Crippen LogP) is 2.54. The van der Waals surface area contributed by atoms with E-state index >= 15 is 0 Å². The molecule has 0 amide bonds. The summed E-state index contributed by atoms with van der Waals surface area (Å²) in [5, 5.41) is 9.66. The molecule has 0 aliphatic carbocycles. The Labute approximate surface area is 130 Å². The Kier molecular flexibility index (Phi) is 4.92. The first-order chi connectivity index (χ1) is 8.87. The lowest BCUT2D eigenvalue weighted by Gasteiger charge is -2.19. The van der Waals surface area contributed by atoms with Crippen LogP contribution in [0.15, 0.2) is 21.1 Å². The van der Waals surface area contributed by atoms with E-state index in [1.807, 2.05) is 12.1 Å². The fraction of sp³-hybridized carbons (Fsp3) is 0.500. The molecule has 1 aliphatic heterocycles. The minimum absolute atomic E-state index is 0.183. The van der Waals surface area contributed by atoms with E-state index in [-0.39, 0.29) is 17.3 Å². The lowest BCUT2D eigenvalue weighted by molar-refractivity contribution is 0.287. The van der Waals surface area contributed by atoms with Gasteiger partial charge in [-0.25, -0.2) is 8.42 Å². The number of sulfone groups is 1. The van der Waals surface area contributed by atoms with Crippen molar-refractivity contribution >= 4 is 41.7 Å². The fourth-order valence-electron chi connectivity index (χ4n) is 2.12. The third kappa shape index (κ3) is 4.18. The molecule has 0 atom stereocenters. The van der Waals surface area contributed by atoms with Gasteiger partial charge in [-0.2, -0.15) is 0 Å². The zero-order valence-corrected chi connectivity index (χ0v) is 14.3. The smallest absolute Gasteiger partial charge is 0.151 e. The number of phenolic OH excluding ortho intramolecular Hbond substituents is 1. The molecule has 0 radical (unpaired) electrons. The number of nitrogens with zero attached hydrogens (tertiary/aromatic N) is 1. The average molecular weight is 413 g/mol.